The predicted octanol–water partition coefficient (Wildman–Crippen LogP) is 8.07. The van der Waals surface area contributed by atoms with Crippen molar-refractivity contribution >= 4 is 17.3 Å². The molecule has 6 heteroatoms. The fourth-order valence-electron chi connectivity index (χ4n) is 3.03. The number of hydrogen-bond acceptors (Lipinski definition) is 6. The van der Waals surface area contributed by atoms with Gasteiger partial charge in [0.25, 0.3) is 0 Å². The van der Waals surface area contributed by atoms with E-state index in [0.29, 0.717) is 30.2 Å². The second kappa shape index (κ2) is 13.8. The quantitative estimate of drug-likeness (QED) is 0.112. The molecule has 0 saturated heterocycles. The van der Waals surface area contributed by atoms with Crippen LogP contribution in [0.1, 0.15) is 56.3 Å². The number of esters is 1. The zero-order valence-corrected chi connectivity index (χ0v) is 19.9. The third kappa shape index (κ3) is 8.35. The zero-order valence-electron chi connectivity index (χ0n) is 19.9. The van der Waals surface area contributed by atoms with Crippen LogP contribution in [0.15, 0.2) is 83.0 Å². The standard InChI is InChI=1S/C28H32N2O4/c1-3-5-7-21-33-25-14-8-22(9-15-25)28(31)34-27-18-12-24(13-19-27)30-29-23-10-16-26(17-11-23)32-20-6-4-2/h8-19H,3-7,20-21H2,1-2H3. The van der Waals surface area contributed by atoms with Gasteiger partial charge in [0, 0.05) is 0 Å². The van der Waals surface area contributed by atoms with Gasteiger partial charge in [0.2, 0.25) is 0 Å². The number of carbonyl (C=O) groups is 1. The lowest BCUT2D eigenvalue weighted by molar-refractivity contribution is 0.0734. The number of hydrogen-bond donors (Lipinski definition) is 0. The topological polar surface area (TPSA) is 69.5 Å². The number of benzene rings is 3. The van der Waals surface area contributed by atoms with Crippen molar-refractivity contribution in [3.63, 3.8) is 0 Å². The first-order valence-corrected chi connectivity index (χ1v) is 11.9. The van der Waals surface area contributed by atoms with Gasteiger partial charge in [-0.15, -0.1) is 0 Å². The summed E-state index contributed by atoms with van der Waals surface area (Å²) in [7, 11) is 0. The maximum Gasteiger partial charge on any atom is 0.343 e. The van der Waals surface area contributed by atoms with Crippen LogP contribution in [0.4, 0.5) is 11.4 Å². The van der Waals surface area contributed by atoms with Crippen molar-refractivity contribution < 1.29 is 19.0 Å². The van der Waals surface area contributed by atoms with Gasteiger partial charge in [0.05, 0.1) is 30.2 Å². The Labute approximate surface area is 201 Å². The molecule has 0 N–H and O–H groups in total. The third-order valence-electron chi connectivity index (χ3n) is 5.04. The summed E-state index contributed by atoms with van der Waals surface area (Å²) in [6, 6.07) is 21.4. The van der Waals surface area contributed by atoms with Gasteiger partial charge in [-0.25, -0.2) is 4.79 Å². The van der Waals surface area contributed by atoms with Crippen molar-refractivity contribution in [3.05, 3.63) is 78.4 Å². The molecule has 6 nitrogen and oxygen atoms in total. The largest absolute Gasteiger partial charge is 0.494 e. The summed E-state index contributed by atoms with van der Waals surface area (Å²) in [5.74, 6) is 1.60. The molecule has 3 rings (SSSR count). The van der Waals surface area contributed by atoms with Crippen LogP contribution in [0.5, 0.6) is 17.2 Å². The van der Waals surface area contributed by atoms with Gasteiger partial charge in [-0.3, -0.25) is 0 Å². The Balaban J connectivity index is 1.49. The Bertz CT molecular complexity index is 1030. The van der Waals surface area contributed by atoms with E-state index in [1.54, 1.807) is 48.5 Å². The molecule has 0 bridgehead atoms. The summed E-state index contributed by atoms with van der Waals surface area (Å²) in [5, 5.41) is 8.48. The van der Waals surface area contributed by atoms with Crippen molar-refractivity contribution in [1.82, 2.24) is 0 Å². The average molecular weight is 461 g/mol. The molecule has 0 spiro atoms. The lowest BCUT2D eigenvalue weighted by Crippen LogP contribution is -2.08. The van der Waals surface area contributed by atoms with Gasteiger partial charge in [-0.2, -0.15) is 10.2 Å². The van der Waals surface area contributed by atoms with Crippen LogP contribution in [0, 0.1) is 0 Å². The smallest absolute Gasteiger partial charge is 0.343 e. The van der Waals surface area contributed by atoms with E-state index < -0.39 is 5.97 Å². The van der Waals surface area contributed by atoms with Gasteiger partial charge in [0.15, 0.2) is 0 Å². The van der Waals surface area contributed by atoms with Crippen LogP contribution in [0.3, 0.4) is 0 Å². The van der Waals surface area contributed by atoms with E-state index in [9.17, 15) is 4.79 Å². The molecule has 0 aromatic heterocycles. The van der Waals surface area contributed by atoms with E-state index in [1.807, 2.05) is 24.3 Å². The summed E-state index contributed by atoms with van der Waals surface area (Å²) in [4.78, 5) is 12.4. The van der Waals surface area contributed by atoms with E-state index >= 15 is 0 Å². The van der Waals surface area contributed by atoms with Crippen molar-refractivity contribution in [2.45, 2.75) is 46.0 Å². The summed E-state index contributed by atoms with van der Waals surface area (Å²) in [6.45, 7) is 5.68. The molecule has 0 radical (unpaired) electrons. The molecule has 0 aliphatic carbocycles. The number of rotatable bonds is 13. The number of ether oxygens (including phenoxy) is 3. The highest BCUT2D eigenvalue weighted by Crippen LogP contribution is 2.24. The van der Waals surface area contributed by atoms with Crippen LogP contribution < -0.4 is 14.2 Å². The number of carbonyl (C=O) groups excluding carboxylic acids is 1. The Morgan fingerprint density at radius 1 is 0.618 bits per heavy atom. The Morgan fingerprint density at radius 3 is 1.62 bits per heavy atom. The fraction of sp³-hybridized carbons (Fsp3) is 0.321. The second-order valence-electron chi connectivity index (χ2n) is 7.86. The molecular formula is C28H32N2O4. The first-order valence-electron chi connectivity index (χ1n) is 11.9. The zero-order chi connectivity index (χ0) is 24.0. The lowest BCUT2D eigenvalue weighted by atomic mass is 10.2. The molecule has 3 aromatic carbocycles. The van der Waals surface area contributed by atoms with Crippen molar-refractivity contribution in [1.29, 1.82) is 0 Å². The molecule has 178 valence electrons. The first-order chi connectivity index (χ1) is 16.7. The molecule has 3 aromatic rings. The molecule has 0 unspecified atom stereocenters. The van der Waals surface area contributed by atoms with Crippen LogP contribution in [-0.2, 0) is 0 Å². The van der Waals surface area contributed by atoms with E-state index in [4.69, 9.17) is 14.2 Å². The van der Waals surface area contributed by atoms with E-state index in [1.165, 1.54) is 0 Å². The van der Waals surface area contributed by atoms with Crippen LogP contribution >= 0.6 is 0 Å². The normalized spacial score (nSPS) is 10.9. The van der Waals surface area contributed by atoms with Crippen LogP contribution in [0.25, 0.3) is 0 Å². The molecule has 34 heavy (non-hydrogen) atoms. The Hall–Kier alpha value is -3.67. The lowest BCUT2D eigenvalue weighted by Gasteiger charge is -2.07. The highest BCUT2D eigenvalue weighted by atomic mass is 16.5. The monoisotopic (exact) mass is 460 g/mol. The maximum atomic E-state index is 12.4. The minimum Gasteiger partial charge on any atom is -0.494 e. The van der Waals surface area contributed by atoms with Crippen molar-refractivity contribution in [2.24, 2.45) is 10.2 Å². The van der Waals surface area contributed by atoms with Gasteiger partial charge in [-0.1, -0.05) is 33.1 Å². The number of unbranched alkanes of at least 4 members (excludes halogenated alkanes) is 3. The molecule has 0 saturated carbocycles. The molecule has 0 amide bonds. The number of azo groups is 1. The van der Waals surface area contributed by atoms with Crippen molar-refractivity contribution in [3.8, 4) is 17.2 Å². The van der Waals surface area contributed by atoms with E-state index in [0.717, 1.165) is 49.3 Å². The fourth-order valence-corrected chi connectivity index (χ4v) is 3.03. The summed E-state index contributed by atoms with van der Waals surface area (Å²) >= 11 is 0. The predicted molar refractivity (Wildman–Crippen MR) is 134 cm³/mol. The minimum atomic E-state index is -0.423. The van der Waals surface area contributed by atoms with Gasteiger partial charge >= 0.3 is 5.97 Å². The van der Waals surface area contributed by atoms with Gasteiger partial charge < -0.3 is 14.2 Å². The molecule has 0 aliphatic rings. The average Bonchev–Trinajstić information content (AvgIpc) is 2.87. The maximum absolute atomic E-state index is 12.4. The molecule has 0 atom stereocenters. The molecule has 0 fully saturated rings. The highest BCUT2D eigenvalue weighted by molar-refractivity contribution is 5.91. The summed E-state index contributed by atoms with van der Waals surface area (Å²) in [5.41, 5.74) is 1.86. The van der Waals surface area contributed by atoms with Gasteiger partial charge in [0.1, 0.15) is 17.2 Å². The van der Waals surface area contributed by atoms with E-state index in [2.05, 4.69) is 24.1 Å². The molecule has 0 heterocycles. The summed E-state index contributed by atoms with van der Waals surface area (Å²) in [6.07, 6.45) is 5.46. The Morgan fingerprint density at radius 2 is 1.09 bits per heavy atom. The summed E-state index contributed by atoms with van der Waals surface area (Å²) < 4.78 is 16.8. The highest BCUT2D eigenvalue weighted by Gasteiger charge is 2.09. The molecule has 0 aliphatic heterocycles. The first kappa shape index (κ1) is 25.0. The van der Waals surface area contributed by atoms with Gasteiger partial charge in [-0.05, 0) is 85.6 Å². The molecular weight excluding hydrogens is 428 g/mol. The Kier molecular flexibility index (Phi) is 10.1. The van der Waals surface area contributed by atoms with Crippen molar-refractivity contribution in [2.75, 3.05) is 13.2 Å². The SMILES string of the molecule is CCCCCOc1ccc(C(=O)Oc2ccc(N=Nc3ccc(OCCCC)cc3)cc2)cc1. The third-order valence-corrected chi connectivity index (χ3v) is 5.04. The van der Waals surface area contributed by atoms with Crippen LogP contribution in [-0.4, -0.2) is 19.2 Å². The van der Waals surface area contributed by atoms with Crippen LogP contribution in [0.2, 0.25) is 0 Å². The number of nitrogens with zero attached hydrogens (tertiary/aromatic N) is 2. The minimum absolute atomic E-state index is 0.423. The second-order valence-corrected chi connectivity index (χ2v) is 7.86. The van der Waals surface area contributed by atoms with E-state index in [-0.39, 0.29) is 0 Å².